The second-order valence-electron chi connectivity index (χ2n) is 9.63. The summed E-state index contributed by atoms with van der Waals surface area (Å²) in [5.74, 6) is -0.260. The van der Waals surface area contributed by atoms with E-state index in [4.69, 9.17) is 0 Å². The third-order valence-corrected chi connectivity index (χ3v) is 7.74. The molecule has 2 aromatic heterocycles. The zero-order valence-corrected chi connectivity index (χ0v) is 20.8. The Bertz CT molecular complexity index is 1320. The molecule has 184 valence electrons. The van der Waals surface area contributed by atoms with Gasteiger partial charge in [-0.25, -0.2) is 4.98 Å². The monoisotopic (exact) mass is 494 g/mol. The molecule has 1 aliphatic heterocycles. The highest BCUT2D eigenvalue weighted by atomic mass is 32.1. The molecule has 1 fully saturated rings. The zero-order valence-electron chi connectivity index (χ0n) is 20.0. The molecule has 2 aliphatic rings. The molecule has 0 radical (unpaired) electrons. The van der Waals surface area contributed by atoms with E-state index in [0.717, 1.165) is 37.8 Å². The smallest absolute Gasteiger partial charge is 0.273 e. The zero-order chi connectivity index (χ0) is 24.5. The standard InChI is InChI=1S/C25H30N6O3S/c1-15(2)27-23(33)17-7-5-11-30(12-17)25-29-22-21(35-25)24(34)31(14-26-22)13-20(32)28-19-10-9-16-6-3-4-8-18(16)19/h3-4,6,8,14-15,17,19H,5,7,9-13H2,1-2H3,(H,27,33)(H,28,32)/t17-,19-/m0/s1. The number of nitrogens with one attached hydrogen (secondary N) is 2. The molecule has 0 saturated carbocycles. The first-order valence-corrected chi connectivity index (χ1v) is 13.0. The van der Waals surface area contributed by atoms with Crippen molar-refractivity contribution in [2.45, 2.75) is 58.2 Å². The van der Waals surface area contributed by atoms with Gasteiger partial charge in [0.2, 0.25) is 11.8 Å². The van der Waals surface area contributed by atoms with Crippen molar-refractivity contribution >= 4 is 38.6 Å². The van der Waals surface area contributed by atoms with E-state index in [1.807, 2.05) is 32.0 Å². The molecule has 35 heavy (non-hydrogen) atoms. The Balaban J connectivity index is 1.29. The molecule has 1 aliphatic carbocycles. The lowest BCUT2D eigenvalue weighted by atomic mass is 9.97. The van der Waals surface area contributed by atoms with Crippen LogP contribution in [0.15, 0.2) is 35.4 Å². The van der Waals surface area contributed by atoms with E-state index in [1.165, 1.54) is 27.8 Å². The summed E-state index contributed by atoms with van der Waals surface area (Å²) >= 11 is 1.28. The number of carbonyl (C=O) groups excluding carboxylic acids is 2. The van der Waals surface area contributed by atoms with Crippen molar-refractivity contribution in [3.8, 4) is 0 Å². The Morgan fingerprint density at radius 2 is 2.06 bits per heavy atom. The Morgan fingerprint density at radius 3 is 2.89 bits per heavy atom. The quantitative estimate of drug-likeness (QED) is 0.545. The lowest BCUT2D eigenvalue weighted by molar-refractivity contribution is -0.125. The molecule has 5 rings (SSSR count). The second-order valence-corrected chi connectivity index (χ2v) is 10.6. The maximum Gasteiger partial charge on any atom is 0.273 e. The molecular weight excluding hydrogens is 464 g/mol. The molecule has 3 aromatic rings. The van der Waals surface area contributed by atoms with Crippen LogP contribution in [0.25, 0.3) is 10.3 Å². The van der Waals surface area contributed by atoms with Gasteiger partial charge in [0.1, 0.15) is 17.6 Å². The van der Waals surface area contributed by atoms with Crippen LogP contribution in [0.4, 0.5) is 5.13 Å². The summed E-state index contributed by atoms with van der Waals surface area (Å²) in [7, 11) is 0. The minimum atomic E-state index is -0.271. The minimum absolute atomic E-state index is 0.0268. The Kier molecular flexibility index (Phi) is 6.55. The number of thiazole rings is 1. The normalized spacial score (nSPS) is 19.7. The number of nitrogens with zero attached hydrogens (tertiary/aromatic N) is 4. The first-order chi connectivity index (χ1) is 16.9. The molecule has 0 bridgehead atoms. The van der Waals surface area contributed by atoms with Crippen LogP contribution in [-0.4, -0.2) is 45.5 Å². The predicted molar refractivity (Wildman–Crippen MR) is 136 cm³/mol. The molecule has 0 spiro atoms. The van der Waals surface area contributed by atoms with Gasteiger partial charge in [-0.15, -0.1) is 0 Å². The molecule has 2 atom stereocenters. The number of anilines is 1. The third-order valence-electron chi connectivity index (χ3n) is 6.65. The molecule has 1 aromatic carbocycles. The van der Waals surface area contributed by atoms with E-state index in [0.29, 0.717) is 22.0 Å². The van der Waals surface area contributed by atoms with E-state index in [-0.39, 0.29) is 41.9 Å². The van der Waals surface area contributed by atoms with Crippen LogP contribution in [0.2, 0.25) is 0 Å². The van der Waals surface area contributed by atoms with E-state index in [9.17, 15) is 14.4 Å². The van der Waals surface area contributed by atoms with Gasteiger partial charge in [0.05, 0.1) is 12.0 Å². The van der Waals surface area contributed by atoms with Crippen molar-refractivity contribution in [1.29, 1.82) is 0 Å². The lowest BCUT2D eigenvalue weighted by Gasteiger charge is -2.32. The molecule has 9 nitrogen and oxygen atoms in total. The van der Waals surface area contributed by atoms with Crippen LogP contribution in [0.1, 0.15) is 50.3 Å². The molecule has 1 saturated heterocycles. The molecule has 10 heteroatoms. The minimum Gasteiger partial charge on any atom is -0.354 e. The number of benzene rings is 1. The predicted octanol–water partition coefficient (Wildman–Crippen LogP) is 2.40. The van der Waals surface area contributed by atoms with Crippen molar-refractivity contribution in [2.75, 3.05) is 18.0 Å². The molecule has 0 unspecified atom stereocenters. The van der Waals surface area contributed by atoms with Gasteiger partial charge in [-0.05, 0) is 50.7 Å². The van der Waals surface area contributed by atoms with Crippen LogP contribution in [-0.2, 0) is 22.6 Å². The topological polar surface area (TPSA) is 109 Å². The van der Waals surface area contributed by atoms with Crippen molar-refractivity contribution in [2.24, 2.45) is 5.92 Å². The number of rotatable bonds is 6. The number of aromatic nitrogens is 3. The number of aryl methyl sites for hydroxylation is 1. The van der Waals surface area contributed by atoms with Gasteiger partial charge in [-0.3, -0.25) is 19.0 Å². The first kappa shape index (κ1) is 23.5. The third kappa shape index (κ3) is 4.93. The average molecular weight is 495 g/mol. The summed E-state index contributed by atoms with van der Waals surface area (Å²) in [5, 5.41) is 6.74. The van der Waals surface area contributed by atoms with Crippen LogP contribution >= 0.6 is 11.3 Å². The summed E-state index contributed by atoms with van der Waals surface area (Å²) < 4.78 is 1.77. The maximum absolute atomic E-state index is 13.1. The molecule has 2 N–H and O–H groups in total. The summed E-state index contributed by atoms with van der Waals surface area (Å²) in [5.41, 5.74) is 2.52. The Hall–Kier alpha value is -3.27. The highest BCUT2D eigenvalue weighted by Crippen LogP contribution is 2.31. The number of hydrogen-bond donors (Lipinski definition) is 2. The summed E-state index contributed by atoms with van der Waals surface area (Å²) in [4.78, 5) is 49.3. The van der Waals surface area contributed by atoms with Gasteiger partial charge < -0.3 is 15.5 Å². The summed E-state index contributed by atoms with van der Waals surface area (Å²) in [6.45, 7) is 5.17. The first-order valence-electron chi connectivity index (χ1n) is 12.2. The second kappa shape index (κ2) is 9.77. The van der Waals surface area contributed by atoms with Crippen LogP contribution in [0, 0.1) is 5.92 Å². The summed E-state index contributed by atoms with van der Waals surface area (Å²) in [6.07, 6.45) is 4.92. The van der Waals surface area contributed by atoms with Gasteiger partial charge in [-0.1, -0.05) is 35.6 Å². The fraction of sp³-hybridized carbons (Fsp3) is 0.480. The van der Waals surface area contributed by atoms with E-state index in [2.05, 4.69) is 31.6 Å². The summed E-state index contributed by atoms with van der Waals surface area (Å²) in [6, 6.07) is 8.20. The van der Waals surface area contributed by atoms with Crippen LogP contribution in [0.3, 0.4) is 0 Å². The Labute approximate surface area is 207 Å². The highest BCUT2D eigenvalue weighted by Gasteiger charge is 2.28. The van der Waals surface area contributed by atoms with Gasteiger partial charge in [0.25, 0.3) is 5.56 Å². The number of hydrogen-bond acceptors (Lipinski definition) is 7. The number of amides is 2. The van der Waals surface area contributed by atoms with Crippen molar-refractivity contribution in [1.82, 2.24) is 25.2 Å². The van der Waals surface area contributed by atoms with Gasteiger partial charge >= 0.3 is 0 Å². The maximum atomic E-state index is 13.1. The fourth-order valence-corrected chi connectivity index (χ4v) is 5.96. The van der Waals surface area contributed by atoms with Crippen molar-refractivity contribution in [3.63, 3.8) is 0 Å². The Morgan fingerprint density at radius 1 is 1.23 bits per heavy atom. The molecule has 2 amide bonds. The fourth-order valence-electron chi connectivity index (χ4n) is 4.95. The van der Waals surface area contributed by atoms with Crippen molar-refractivity contribution in [3.05, 3.63) is 52.1 Å². The van der Waals surface area contributed by atoms with Gasteiger partial charge in [-0.2, -0.15) is 4.98 Å². The number of piperidine rings is 1. The largest absolute Gasteiger partial charge is 0.354 e. The number of carbonyl (C=O) groups is 2. The van der Waals surface area contributed by atoms with E-state index >= 15 is 0 Å². The SMILES string of the molecule is CC(C)NC(=O)[C@H]1CCCN(c2nc3ncn(CC(=O)N[C@H]4CCc5ccccc54)c(=O)c3s2)C1. The molecule has 3 heterocycles. The highest BCUT2D eigenvalue weighted by molar-refractivity contribution is 7.22. The van der Waals surface area contributed by atoms with E-state index < -0.39 is 0 Å². The molecular formula is C25H30N6O3S. The average Bonchev–Trinajstić information content (AvgIpc) is 3.46. The lowest BCUT2D eigenvalue weighted by Crippen LogP contribution is -2.44. The van der Waals surface area contributed by atoms with E-state index in [1.54, 1.807) is 0 Å². The van der Waals surface area contributed by atoms with Crippen LogP contribution < -0.4 is 21.1 Å². The van der Waals surface area contributed by atoms with Crippen molar-refractivity contribution < 1.29 is 9.59 Å². The number of fused-ring (bicyclic) bond motifs is 2. The van der Waals surface area contributed by atoms with Gasteiger partial charge in [0, 0.05) is 19.1 Å². The van der Waals surface area contributed by atoms with Crippen LogP contribution in [0.5, 0.6) is 0 Å². The van der Waals surface area contributed by atoms with Gasteiger partial charge in [0.15, 0.2) is 10.8 Å².